The number of pyridine rings is 1. The second-order valence-electron chi connectivity index (χ2n) is 6.65. The van der Waals surface area contributed by atoms with Crippen molar-refractivity contribution >= 4 is 22.8 Å². The van der Waals surface area contributed by atoms with E-state index >= 15 is 0 Å². The monoisotopic (exact) mass is 362 g/mol. The van der Waals surface area contributed by atoms with Gasteiger partial charge in [0.1, 0.15) is 0 Å². The molecule has 0 saturated carbocycles. The highest BCUT2D eigenvalue weighted by atomic mass is 16.4. The van der Waals surface area contributed by atoms with Gasteiger partial charge in [-0.2, -0.15) is 0 Å². The number of rotatable bonds is 3. The number of aromatic nitrogens is 1. The summed E-state index contributed by atoms with van der Waals surface area (Å²) in [6.07, 6.45) is 0.475. The summed E-state index contributed by atoms with van der Waals surface area (Å²) >= 11 is 0. The van der Waals surface area contributed by atoms with Gasteiger partial charge in [-0.15, -0.1) is 0 Å². The van der Waals surface area contributed by atoms with Crippen LogP contribution >= 0.6 is 0 Å². The van der Waals surface area contributed by atoms with E-state index < -0.39 is 12.0 Å². The van der Waals surface area contributed by atoms with Crippen LogP contribution in [0.25, 0.3) is 10.9 Å². The number of carboxylic acid groups (broad SMARTS) is 1. The molecular weight excluding hydrogens is 344 g/mol. The molecule has 1 aromatic heterocycles. The van der Waals surface area contributed by atoms with Crippen LogP contribution in [0.1, 0.15) is 33.9 Å². The molecule has 1 unspecified atom stereocenters. The van der Waals surface area contributed by atoms with Crippen molar-refractivity contribution < 1.29 is 14.7 Å². The second kappa shape index (κ2) is 6.72. The van der Waals surface area contributed by atoms with Gasteiger partial charge in [0.2, 0.25) is 5.56 Å². The number of carbonyl (C=O) groups is 2. The first-order chi connectivity index (χ1) is 13.0. The van der Waals surface area contributed by atoms with Gasteiger partial charge in [-0.25, -0.2) is 0 Å². The van der Waals surface area contributed by atoms with Crippen LogP contribution in [-0.2, 0) is 11.2 Å². The molecule has 6 nitrogen and oxygen atoms in total. The molecule has 27 heavy (non-hydrogen) atoms. The topological polar surface area (TPSA) is 90.5 Å². The van der Waals surface area contributed by atoms with Crippen molar-refractivity contribution in [3.63, 3.8) is 0 Å². The Morgan fingerprint density at radius 1 is 1.11 bits per heavy atom. The van der Waals surface area contributed by atoms with Gasteiger partial charge in [0.25, 0.3) is 5.91 Å². The number of aliphatic carboxylic acids is 1. The fourth-order valence-corrected chi connectivity index (χ4v) is 3.82. The van der Waals surface area contributed by atoms with Gasteiger partial charge in [0.05, 0.1) is 18.0 Å². The molecule has 0 spiro atoms. The summed E-state index contributed by atoms with van der Waals surface area (Å²) in [5.74, 6) is -1.29. The number of carbonyl (C=O) groups excluding carboxylic acids is 1. The molecule has 6 heteroatoms. The molecule has 2 aromatic carbocycles. The average molecular weight is 362 g/mol. The highest BCUT2D eigenvalue weighted by Gasteiger charge is 2.33. The number of aromatic amines is 1. The zero-order chi connectivity index (χ0) is 19.0. The zero-order valence-corrected chi connectivity index (χ0v) is 14.5. The van der Waals surface area contributed by atoms with Crippen molar-refractivity contribution in [1.82, 2.24) is 9.88 Å². The number of carboxylic acids is 1. The van der Waals surface area contributed by atoms with Gasteiger partial charge in [-0.1, -0.05) is 42.5 Å². The van der Waals surface area contributed by atoms with E-state index in [0.717, 1.165) is 11.1 Å². The molecule has 0 radical (unpaired) electrons. The molecule has 1 aliphatic heterocycles. The third-order valence-corrected chi connectivity index (χ3v) is 5.02. The molecular formula is C21H18N2O4. The van der Waals surface area contributed by atoms with Crippen LogP contribution in [0.3, 0.4) is 0 Å². The maximum Gasteiger partial charge on any atom is 0.305 e. The van der Waals surface area contributed by atoms with Gasteiger partial charge in [0.15, 0.2) is 0 Å². The van der Waals surface area contributed by atoms with Crippen LogP contribution in [0.15, 0.2) is 59.4 Å². The number of hydrogen-bond donors (Lipinski definition) is 2. The van der Waals surface area contributed by atoms with Crippen LogP contribution in [0.5, 0.6) is 0 Å². The number of nitrogens with one attached hydrogen (secondary N) is 1. The van der Waals surface area contributed by atoms with Crippen molar-refractivity contribution in [2.45, 2.75) is 18.9 Å². The standard InChI is InChI=1S/C21H18N2O4/c24-19-11-16(15-7-3-4-8-17(15)22-19)21(27)23-10-9-13-5-1-2-6-14(13)18(23)12-20(25)26/h1-8,11,18H,9-10,12H2,(H,22,24)(H,25,26). The lowest BCUT2D eigenvalue weighted by Crippen LogP contribution is -2.41. The van der Waals surface area contributed by atoms with E-state index in [2.05, 4.69) is 4.98 Å². The Labute approximate surface area is 155 Å². The molecule has 2 N–H and O–H groups in total. The highest BCUT2D eigenvalue weighted by Crippen LogP contribution is 2.34. The lowest BCUT2D eigenvalue weighted by molar-refractivity contribution is -0.138. The van der Waals surface area contributed by atoms with E-state index in [1.54, 1.807) is 29.2 Å². The Kier molecular flexibility index (Phi) is 4.24. The molecule has 0 fully saturated rings. The average Bonchev–Trinajstić information content (AvgIpc) is 2.66. The van der Waals surface area contributed by atoms with Gasteiger partial charge in [-0.3, -0.25) is 14.4 Å². The smallest absolute Gasteiger partial charge is 0.305 e. The van der Waals surface area contributed by atoms with Crippen LogP contribution in [0.2, 0.25) is 0 Å². The second-order valence-corrected chi connectivity index (χ2v) is 6.65. The lowest BCUT2D eigenvalue weighted by atomic mass is 9.90. The van der Waals surface area contributed by atoms with Crippen molar-refractivity contribution in [2.24, 2.45) is 0 Å². The van der Waals surface area contributed by atoms with Gasteiger partial charge in [-0.05, 0) is 23.6 Å². The van der Waals surface area contributed by atoms with Gasteiger partial charge >= 0.3 is 5.97 Å². The van der Waals surface area contributed by atoms with E-state index in [-0.39, 0.29) is 17.9 Å². The maximum absolute atomic E-state index is 13.3. The molecule has 0 aliphatic carbocycles. The van der Waals surface area contributed by atoms with E-state index in [4.69, 9.17) is 0 Å². The Morgan fingerprint density at radius 2 is 1.85 bits per heavy atom. The van der Waals surface area contributed by atoms with Crippen molar-refractivity contribution in [1.29, 1.82) is 0 Å². The maximum atomic E-state index is 13.3. The number of nitrogens with zero attached hydrogens (tertiary/aromatic N) is 1. The molecule has 1 amide bonds. The molecule has 1 atom stereocenters. The van der Waals surface area contributed by atoms with Crippen molar-refractivity contribution in [3.05, 3.63) is 81.6 Å². The summed E-state index contributed by atoms with van der Waals surface area (Å²) in [7, 11) is 0. The number of H-pyrrole nitrogens is 1. The molecule has 3 aromatic rings. The molecule has 0 saturated heterocycles. The Bertz CT molecular complexity index is 1100. The third kappa shape index (κ3) is 3.10. The summed E-state index contributed by atoms with van der Waals surface area (Å²) in [4.78, 5) is 41.1. The number of benzene rings is 2. The number of para-hydroxylation sites is 1. The first-order valence-corrected chi connectivity index (χ1v) is 8.77. The highest BCUT2D eigenvalue weighted by molar-refractivity contribution is 6.06. The quantitative estimate of drug-likeness (QED) is 0.750. The number of amides is 1. The van der Waals surface area contributed by atoms with Gasteiger partial charge < -0.3 is 15.0 Å². The summed E-state index contributed by atoms with van der Waals surface area (Å²) < 4.78 is 0. The number of hydrogen-bond acceptors (Lipinski definition) is 3. The predicted molar refractivity (Wildman–Crippen MR) is 101 cm³/mol. The normalized spacial score (nSPS) is 16.1. The molecule has 2 heterocycles. The van der Waals surface area contributed by atoms with Crippen molar-refractivity contribution in [2.75, 3.05) is 6.54 Å². The Balaban J connectivity index is 1.82. The van der Waals surface area contributed by atoms with E-state index in [1.165, 1.54) is 6.07 Å². The van der Waals surface area contributed by atoms with Crippen LogP contribution in [0, 0.1) is 0 Å². The van der Waals surface area contributed by atoms with Crippen LogP contribution in [-0.4, -0.2) is 33.4 Å². The molecule has 4 rings (SSSR count). The molecule has 1 aliphatic rings. The van der Waals surface area contributed by atoms with Crippen molar-refractivity contribution in [3.8, 4) is 0 Å². The van der Waals surface area contributed by atoms with Crippen LogP contribution in [0.4, 0.5) is 0 Å². The summed E-state index contributed by atoms with van der Waals surface area (Å²) in [6, 6.07) is 15.5. The van der Waals surface area contributed by atoms with E-state index in [9.17, 15) is 19.5 Å². The molecule has 0 bridgehead atoms. The predicted octanol–water partition coefficient (Wildman–Crippen LogP) is 2.74. The van der Waals surface area contributed by atoms with E-state index in [0.29, 0.717) is 29.4 Å². The fraction of sp³-hybridized carbons (Fsp3) is 0.190. The Hall–Kier alpha value is -3.41. The minimum Gasteiger partial charge on any atom is -0.481 e. The largest absolute Gasteiger partial charge is 0.481 e. The van der Waals surface area contributed by atoms with Gasteiger partial charge in [0, 0.05) is 23.5 Å². The first kappa shape index (κ1) is 17.0. The van der Waals surface area contributed by atoms with Crippen LogP contribution < -0.4 is 5.56 Å². The minimum atomic E-state index is -0.967. The Morgan fingerprint density at radius 3 is 2.67 bits per heavy atom. The lowest BCUT2D eigenvalue weighted by Gasteiger charge is -2.37. The SMILES string of the molecule is O=C(O)CC1c2ccccc2CCN1C(=O)c1cc(=O)[nH]c2ccccc12. The van der Waals surface area contributed by atoms with E-state index in [1.807, 2.05) is 24.3 Å². The fourth-order valence-electron chi connectivity index (χ4n) is 3.82. The zero-order valence-electron chi connectivity index (χ0n) is 14.5. The molecule has 136 valence electrons. The summed E-state index contributed by atoms with van der Waals surface area (Å²) in [5, 5.41) is 10.0. The first-order valence-electron chi connectivity index (χ1n) is 8.77. The minimum absolute atomic E-state index is 0.177. The summed E-state index contributed by atoms with van der Waals surface area (Å²) in [6.45, 7) is 0.412. The number of fused-ring (bicyclic) bond motifs is 2. The summed E-state index contributed by atoms with van der Waals surface area (Å²) in [5.41, 5.74) is 2.44. The third-order valence-electron chi connectivity index (χ3n) is 5.02.